The molecule has 0 aromatic heterocycles. The molecule has 2 amide bonds. The number of carbonyl (C=O) groups is 3. The van der Waals surface area contributed by atoms with Crippen LogP contribution in [0.2, 0.25) is 0 Å². The van der Waals surface area contributed by atoms with E-state index >= 15 is 0 Å². The zero-order chi connectivity index (χ0) is 22.9. The molecule has 3 atom stereocenters. The summed E-state index contributed by atoms with van der Waals surface area (Å²) in [5.74, 6) is -1.54. The van der Waals surface area contributed by atoms with Crippen LogP contribution < -0.4 is 5.32 Å². The Bertz CT molecular complexity index is 1040. The first-order chi connectivity index (χ1) is 16.0. The SMILES string of the molecule is O=C(N[C@@H]1CCC[C@@H]1C(=O)N1CCC[C@@H]1C(=O)O)OCC1c2ccccc2-c2ccccc21. The molecule has 5 rings (SSSR count). The van der Waals surface area contributed by atoms with Gasteiger partial charge in [-0.15, -0.1) is 0 Å². The molecule has 1 saturated carbocycles. The van der Waals surface area contributed by atoms with Crippen molar-refractivity contribution in [3.05, 3.63) is 59.7 Å². The van der Waals surface area contributed by atoms with Crippen LogP contribution in [0.1, 0.15) is 49.1 Å². The van der Waals surface area contributed by atoms with E-state index in [1.54, 1.807) is 0 Å². The summed E-state index contributed by atoms with van der Waals surface area (Å²) >= 11 is 0. The molecule has 1 aliphatic heterocycles. The lowest BCUT2D eigenvalue weighted by molar-refractivity contribution is -0.150. The summed E-state index contributed by atoms with van der Waals surface area (Å²) in [7, 11) is 0. The molecule has 0 unspecified atom stereocenters. The summed E-state index contributed by atoms with van der Waals surface area (Å²) in [6.07, 6.45) is 2.80. The monoisotopic (exact) mass is 448 g/mol. The zero-order valence-electron chi connectivity index (χ0n) is 18.4. The van der Waals surface area contributed by atoms with Crippen molar-refractivity contribution in [3.8, 4) is 11.1 Å². The number of fused-ring (bicyclic) bond motifs is 3. The van der Waals surface area contributed by atoms with Gasteiger partial charge in [0.05, 0.1) is 5.92 Å². The number of ether oxygens (including phenoxy) is 1. The summed E-state index contributed by atoms with van der Waals surface area (Å²) in [5.41, 5.74) is 4.63. The molecule has 2 N–H and O–H groups in total. The van der Waals surface area contributed by atoms with E-state index in [9.17, 15) is 19.5 Å². The van der Waals surface area contributed by atoms with Crippen molar-refractivity contribution < 1.29 is 24.2 Å². The van der Waals surface area contributed by atoms with Gasteiger partial charge in [0.2, 0.25) is 5.91 Å². The topological polar surface area (TPSA) is 95.9 Å². The van der Waals surface area contributed by atoms with E-state index in [4.69, 9.17) is 4.74 Å². The molecule has 3 aliphatic rings. The van der Waals surface area contributed by atoms with Crippen LogP contribution in [0.5, 0.6) is 0 Å². The second-order valence-corrected chi connectivity index (χ2v) is 9.14. The largest absolute Gasteiger partial charge is 0.480 e. The molecular formula is C26H28N2O5. The van der Waals surface area contributed by atoms with Crippen molar-refractivity contribution in [1.82, 2.24) is 10.2 Å². The molecular weight excluding hydrogens is 420 g/mol. The standard InChI is InChI=1S/C26H28N2O5/c29-24(28-14-6-13-23(28)25(30)31)20-11-5-12-22(20)27-26(32)33-15-21-18-9-3-1-7-16(18)17-8-2-4-10-19(17)21/h1-4,7-10,20-23H,5-6,11-15H2,(H,27,32)(H,30,31)/t20-,22+,23+/m0/s1. The fourth-order valence-corrected chi connectivity index (χ4v) is 5.72. The number of nitrogens with zero attached hydrogens (tertiary/aromatic N) is 1. The maximum Gasteiger partial charge on any atom is 0.407 e. The Kier molecular flexibility index (Phi) is 5.79. The average molecular weight is 449 g/mol. The molecule has 0 radical (unpaired) electrons. The van der Waals surface area contributed by atoms with Crippen molar-refractivity contribution in [2.75, 3.05) is 13.2 Å². The highest BCUT2D eigenvalue weighted by Gasteiger charge is 2.42. The summed E-state index contributed by atoms with van der Waals surface area (Å²) in [5, 5.41) is 12.3. The summed E-state index contributed by atoms with van der Waals surface area (Å²) in [6, 6.07) is 15.2. The van der Waals surface area contributed by atoms with Crippen LogP contribution in [0, 0.1) is 5.92 Å². The Balaban J connectivity index is 1.23. The molecule has 2 aliphatic carbocycles. The molecule has 7 heteroatoms. The third kappa shape index (κ3) is 3.96. The number of alkyl carbamates (subject to hydrolysis) is 1. The van der Waals surface area contributed by atoms with Gasteiger partial charge >= 0.3 is 12.1 Å². The molecule has 2 aromatic rings. The van der Waals surface area contributed by atoms with E-state index < -0.39 is 24.0 Å². The Morgan fingerprint density at radius 2 is 1.61 bits per heavy atom. The average Bonchev–Trinajstić information content (AvgIpc) is 3.55. The van der Waals surface area contributed by atoms with Gasteiger partial charge in [0.15, 0.2) is 0 Å². The Morgan fingerprint density at radius 3 is 2.27 bits per heavy atom. The molecule has 1 saturated heterocycles. The molecule has 0 spiro atoms. The normalized spacial score (nSPS) is 23.8. The molecule has 7 nitrogen and oxygen atoms in total. The molecule has 1 heterocycles. The lowest BCUT2D eigenvalue weighted by Gasteiger charge is -2.28. The number of likely N-dealkylation sites (tertiary alicyclic amines) is 1. The summed E-state index contributed by atoms with van der Waals surface area (Å²) in [4.78, 5) is 38.7. The first-order valence-corrected chi connectivity index (χ1v) is 11.7. The zero-order valence-corrected chi connectivity index (χ0v) is 18.4. The molecule has 172 valence electrons. The molecule has 33 heavy (non-hydrogen) atoms. The molecule has 2 fully saturated rings. The number of carboxylic acid groups (broad SMARTS) is 1. The van der Waals surface area contributed by atoms with Gasteiger partial charge in [-0.25, -0.2) is 9.59 Å². The minimum Gasteiger partial charge on any atom is -0.480 e. The first-order valence-electron chi connectivity index (χ1n) is 11.7. The van der Waals surface area contributed by atoms with Crippen molar-refractivity contribution in [3.63, 3.8) is 0 Å². The quantitative estimate of drug-likeness (QED) is 0.726. The van der Waals surface area contributed by atoms with Crippen LogP contribution in [0.4, 0.5) is 4.79 Å². The highest BCUT2D eigenvalue weighted by atomic mass is 16.5. The Morgan fingerprint density at radius 1 is 0.939 bits per heavy atom. The summed E-state index contributed by atoms with van der Waals surface area (Å²) < 4.78 is 5.65. The van der Waals surface area contributed by atoms with Gasteiger partial charge in [-0.05, 0) is 47.9 Å². The van der Waals surface area contributed by atoms with E-state index in [1.807, 2.05) is 24.3 Å². The van der Waals surface area contributed by atoms with Gasteiger partial charge in [0, 0.05) is 18.5 Å². The van der Waals surface area contributed by atoms with E-state index in [0.717, 1.165) is 17.5 Å². The smallest absolute Gasteiger partial charge is 0.407 e. The first kappa shape index (κ1) is 21.5. The lowest BCUT2D eigenvalue weighted by atomic mass is 9.98. The number of hydrogen-bond acceptors (Lipinski definition) is 4. The highest BCUT2D eigenvalue weighted by Crippen LogP contribution is 2.44. The van der Waals surface area contributed by atoms with Crippen LogP contribution in [0.3, 0.4) is 0 Å². The number of hydrogen-bond donors (Lipinski definition) is 2. The van der Waals surface area contributed by atoms with Crippen molar-refractivity contribution >= 4 is 18.0 Å². The number of rotatable bonds is 5. The second kappa shape index (κ2) is 8.89. The number of benzene rings is 2. The van der Waals surface area contributed by atoms with E-state index in [2.05, 4.69) is 29.6 Å². The van der Waals surface area contributed by atoms with Gasteiger partial charge in [0.25, 0.3) is 0 Å². The van der Waals surface area contributed by atoms with E-state index in [0.29, 0.717) is 32.2 Å². The fourth-order valence-electron chi connectivity index (χ4n) is 5.72. The maximum absolute atomic E-state index is 13.1. The van der Waals surface area contributed by atoms with Crippen LogP contribution in [-0.4, -0.2) is 53.2 Å². The van der Waals surface area contributed by atoms with Crippen LogP contribution in [-0.2, 0) is 14.3 Å². The van der Waals surface area contributed by atoms with Gasteiger partial charge < -0.3 is 20.1 Å². The number of nitrogens with one attached hydrogen (secondary N) is 1. The number of carboxylic acids is 1. The maximum atomic E-state index is 13.1. The minimum absolute atomic E-state index is 0.0231. The van der Waals surface area contributed by atoms with E-state index in [-0.39, 0.29) is 24.5 Å². The third-order valence-electron chi connectivity index (χ3n) is 7.30. The van der Waals surface area contributed by atoms with Crippen LogP contribution in [0.25, 0.3) is 11.1 Å². The number of amides is 2. The van der Waals surface area contributed by atoms with Gasteiger partial charge in [-0.3, -0.25) is 4.79 Å². The minimum atomic E-state index is -0.958. The number of aliphatic carboxylic acids is 1. The van der Waals surface area contributed by atoms with E-state index in [1.165, 1.54) is 16.0 Å². The molecule has 0 bridgehead atoms. The predicted octanol–water partition coefficient (Wildman–Crippen LogP) is 3.77. The van der Waals surface area contributed by atoms with Gasteiger partial charge in [-0.2, -0.15) is 0 Å². The van der Waals surface area contributed by atoms with Crippen molar-refractivity contribution in [2.24, 2.45) is 5.92 Å². The Labute approximate surface area is 192 Å². The van der Waals surface area contributed by atoms with Gasteiger partial charge in [0.1, 0.15) is 12.6 Å². The predicted molar refractivity (Wildman–Crippen MR) is 122 cm³/mol. The van der Waals surface area contributed by atoms with Crippen molar-refractivity contribution in [2.45, 2.75) is 50.1 Å². The van der Waals surface area contributed by atoms with Crippen LogP contribution in [0.15, 0.2) is 48.5 Å². The highest BCUT2D eigenvalue weighted by molar-refractivity contribution is 5.87. The lowest BCUT2D eigenvalue weighted by Crippen LogP contribution is -2.49. The summed E-state index contributed by atoms with van der Waals surface area (Å²) in [6.45, 7) is 0.683. The third-order valence-corrected chi connectivity index (χ3v) is 7.30. The number of carbonyl (C=O) groups excluding carboxylic acids is 2. The Hall–Kier alpha value is -3.35. The fraction of sp³-hybridized carbons (Fsp3) is 0.423. The van der Waals surface area contributed by atoms with Gasteiger partial charge in [-0.1, -0.05) is 55.0 Å². The second-order valence-electron chi connectivity index (χ2n) is 9.14. The van der Waals surface area contributed by atoms with Crippen molar-refractivity contribution in [1.29, 1.82) is 0 Å². The van der Waals surface area contributed by atoms with Crippen LogP contribution >= 0.6 is 0 Å². The molecule has 2 aromatic carbocycles.